The van der Waals surface area contributed by atoms with Gasteiger partial charge in [0.1, 0.15) is 11.8 Å². The average Bonchev–Trinajstić information content (AvgIpc) is 3.60. The van der Waals surface area contributed by atoms with Crippen LogP contribution >= 0.6 is 15.9 Å². The van der Waals surface area contributed by atoms with Crippen LogP contribution in [-0.4, -0.2) is 47.2 Å². The number of hydrogen-bond donors (Lipinski definition) is 2. The summed E-state index contributed by atoms with van der Waals surface area (Å²) >= 11 is 3.43. The van der Waals surface area contributed by atoms with Gasteiger partial charge in [0.15, 0.2) is 0 Å². The molecule has 3 N–H and O–H groups in total. The number of alkyl halides is 3. The molecule has 1 saturated carbocycles. The molecule has 0 radical (unpaired) electrons. The number of hydrogen-bond acceptors (Lipinski definition) is 4. The molecule has 2 unspecified atom stereocenters. The highest BCUT2D eigenvalue weighted by Crippen LogP contribution is 2.49. The van der Waals surface area contributed by atoms with Crippen LogP contribution < -0.4 is 15.8 Å². The Morgan fingerprint density at radius 1 is 1.05 bits per heavy atom. The number of carbonyl (C=O) groups excluding carboxylic acids is 2. The topological polar surface area (TPSA) is 84.7 Å². The van der Waals surface area contributed by atoms with Crippen molar-refractivity contribution in [3.8, 4) is 5.75 Å². The minimum absolute atomic E-state index is 0.0834. The second-order valence-corrected chi connectivity index (χ2v) is 11.3. The van der Waals surface area contributed by atoms with Gasteiger partial charge in [0.25, 0.3) is 0 Å². The lowest BCUT2D eigenvalue weighted by molar-refractivity contribution is -0.274. The first-order valence-electron chi connectivity index (χ1n) is 12.5. The molecular formula is C27H29BrF3N3O3. The molecule has 2 saturated heterocycles. The maximum atomic E-state index is 13.9. The Hall–Kier alpha value is -2.59. The van der Waals surface area contributed by atoms with Crippen LogP contribution in [0.3, 0.4) is 0 Å². The zero-order chi connectivity index (χ0) is 26.4. The number of piperidine rings is 1. The van der Waals surface area contributed by atoms with Crippen LogP contribution in [0.2, 0.25) is 0 Å². The van der Waals surface area contributed by atoms with E-state index in [1.807, 2.05) is 29.2 Å². The summed E-state index contributed by atoms with van der Waals surface area (Å²) in [5.41, 5.74) is 6.87. The molecule has 5 rings (SSSR count). The Balaban J connectivity index is 1.36. The third kappa shape index (κ3) is 5.65. The number of nitrogens with zero attached hydrogens (tertiary/aromatic N) is 1. The molecule has 2 aromatic rings. The Labute approximate surface area is 221 Å². The SMILES string of the molecule is NC1CC2CCC(C1)N2C(=O)[C@H](Cc1ccc(Br)cc1)NC(=O)C1(c2ccc(OC(F)(F)F)cc2)CC1. The van der Waals surface area contributed by atoms with Crippen LogP contribution in [0.15, 0.2) is 53.0 Å². The van der Waals surface area contributed by atoms with Crippen molar-refractivity contribution < 1.29 is 27.5 Å². The molecule has 6 nitrogen and oxygen atoms in total. The zero-order valence-corrected chi connectivity index (χ0v) is 21.7. The highest BCUT2D eigenvalue weighted by Gasteiger charge is 2.53. The van der Waals surface area contributed by atoms with E-state index in [0.717, 1.165) is 35.7 Å². The van der Waals surface area contributed by atoms with Crippen LogP contribution in [0.1, 0.15) is 49.7 Å². The molecule has 2 bridgehead atoms. The molecule has 3 fully saturated rings. The lowest BCUT2D eigenvalue weighted by Gasteiger charge is -2.40. The van der Waals surface area contributed by atoms with Crippen molar-refractivity contribution in [2.45, 2.75) is 80.9 Å². The number of benzene rings is 2. The van der Waals surface area contributed by atoms with Gasteiger partial charge in [0, 0.05) is 29.0 Å². The molecule has 2 heterocycles. The van der Waals surface area contributed by atoms with Crippen LogP contribution in [0.5, 0.6) is 5.75 Å². The van der Waals surface area contributed by atoms with Crippen LogP contribution in [0.25, 0.3) is 0 Å². The minimum Gasteiger partial charge on any atom is -0.406 e. The monoisotopic (exact) mass is 579 g/mol. The van der Waals surface area contributed by atoms with E-state index in [0.29, 0.717) is 24.8 Å². The number of ether oxygens (including phenoxy) is 1. The molecule has 0 aromatic heterocycles. The molecule has 2 aromatic carbocycles. The maximum Gasteiger partial charge on any atom is 0.573 e. The van der Waals surface area contributed by atoms with Crippen molar-refractivity contribution in [1.29, 1.82) is 0 Å². The standard InChI is InChI=1S/C27H29BrF3N3O3/c28-18-5-1-16(2-6-18)13-23(24(35)34-20-7-8-21(34)15-19(32)14-20)33-25(36)26(11-12-26)17-3-9-22(10-4-17)37-27(29,30)31/h1-6,9-10,19-21,23H,7-8,11-15,32H2,(H,33,36)/t19?,20?,21?,23-/m0/s1. The summed E-state index contributed by atoms with van der Waals surface area (Å²) in [6, 6.07) is 12.6. The lowest BCUT2D eigenvalue weighted by Crippen LogP contribution is -2.58. The molecule has 0 spiro atoms. The zero-order valence-electron chi connectivity index (χ0n) is 20.1. The highest BCUT2D eigenvalue weighted by molar-refractivity contribution is 9.10. The molecule has 3 aliphatic rings. The molecule has 2 aliphatic heterocycles. The van der Waals surface area contributed by atoms with Gasteiger partial charge in [-0.1, -0.05) is 40.2 Å². The number of rotatable bonds is 7. The van der Waals surface area contributed by atoms with Crippen LogP contribution in [-0.2, 0) is 21.4 Å². The number of amides is 2. The second-order valence-electron chi connectivity index (χ2n) is 10.4. The summed E-state index contributed by atoms with van der Waals surface area (Å²) in [7, 11) is 0. The first kappa shape index (κ1) is 26.0. The molecule has 2 amide bonds. The Morgan fingerprint density at radius 3 is 2.19 bits per heavy atom. The van der Waals surface area contributed by atoms with Gasteiger partial charge in [-0.25, -0.2) is 0 Å². The summed E-state index contributed by atoms with van der Waals surface area (Å²) < 4.78 is 42.5. The van der Waals surface area contributed by atoms with Crippen molar-refractivity contribution in [2.24, 2.45) is 5.73 Å². The van der Waals surface area contributed by atoms with Gasteiger partial charge in [-0.15, -0.1) is 13.2 Å². The third-order valence-electron chi connectivity index (χ3n) is 7.81. The second kappa shape index (κ2) is 9.94. The Kier molecular flexibility index (Phi) is 7.00. The van der Waals surface area contributed by atoms with Crippen molar-refractivity contribution in [3.05, 3.63) is 64.1 Å². The minimum atomic E-state index is -4.78. The van der Waals surface area contributed by atoms with E-state index >= 15 is 0 Å². The summed E-state index contributed by atoms with van der Waals surface area (Å²) in [6.07, 6.45) is 0.0269. The molecule has 37 heavy (non-hydrogen) atoms. The van der Waals surface area contributed by atoms with E-state index in [-0.39, 0.29) is 35.7 Å². The van der Waals surface area contributed by atoms with E-state index in [1.165, 1.54) is 24.3 Å². The third-order valence-corrected chi connectivity index (χ3v) is 8.33. The van der Waals surface area contributed by atoms with E-state index < -0.39 is 17.8 Å². The Morgan fingerprint density at radius 2 is 1.65 bits per heavy atom. The highest BCUT2D eigenvalue weighted by atomic mass is 79.9. The number of nitrogens with two attached hydrogens (primary N) is 1. The van der Waals surface area contributed by atoms with E-state index in [2.05, 4.69) is 26.0 Å². The van der Waals surface area contributed by atoms with Gasteiger partial charge < -0.3 is 20.7 Å². The van der Waals surface area contributed by atoms with E-state index in [1.54, 1.807) is 0 Å². The molecular weight excluding hydrogens is 551 g/mol. The number of nitrogens with one attached hydrogen (secondary N) is 1. The molecule has 198 valence electrons. The number of carbonyl (C=O) groups is 2. The summed E-state index contributed by atoms with van der Waals surface area (Å²) in [5.74, 6) is -0.719. The average molecular weight is 580 g/mol. The fourth-order valence-corrected chi connectivity index (χ4v) is 6.12. The van der Waals surface area contributed by atoms with Crippen LogP contribution in [0.4, 0.5) is 13.2 Å². The van der Waals surface area contributed by atoms with Gasteiger partial charge in [0.05, 0.1) is 5.41 Å². The smallest absolute Gasteiger partial charge is 0.406 e. The molecule has 10 heteroatoms. The fraction of sp³-hybridized carbons (Fsp3) is 0.481. The molecule has 3 atom stereocenters. The van der Waals surface area contributed by atoms with Gasteiger partial charge in [-0.2, -0.15) is 0 Å². The van der Waals surface area contributed by atoms with Crippen molar-refractivity contribution in [1.82, 2.24) is 10.2 Å². The van der Waals surface area contributed by atoms with Gasteiger partial charge in [0.2, 0.25) is 11.8 Å². The summed E-state index contributed by atoms with van der Waals surface area (Å²) in [4.78, 5) is 29.4. The van der Waals surface area contributed by atoms with Gasteiger partial charge in [-0.05, 0) is 73.9 Å². The molecule has 1 aliphatic carbocycles. The fourth-order valence-electron chi connectivity index (χ4n) is 5.86. The number of halogens is 4. The van der Waals surface area contributed by atoms with Crippen molar-refractivity contribution >= 4 is 27.7 Å². The normalized spacial score (nSPS) is 24.9. The van der Waals surface area contributed by atoms with E-state index in [4.69, 9.17) is 5.73 Å². The lowest BCUT2D eigenvalue weighted by atomic mass is 9.93. The maximum absolute atomic E-state index is 13.9. The first-order chi connectivity index (χ1) is 17.5. The van der Waals surface area contributed by atoms with Crippen LogP contribution in [0, 0.1) is 0 Å². The number of fused-ring (bicyclic) bond motifs is 2. The predicted molar refractivity (Wildman–Crippen MR) is 135 cm³/mol. The van der Waals surface area contributed by atoms with Gasteiger partial charge >= 0.3 is 6.36 Å². The van der Waals surface area contributed by atoms with Gasteiger partial charge in [-0.3, -0.25) is 9.59 Å². The quantitative estimate of drug-likeness (QED) is 0.502. The predicted octanol–water partition coefficient (Wildman–Crippen LogP) is 4.59. The summed E-state index contributed by atoms with van der Waals surface area (Å²) in [5, 5.41) is 3.03. The largest absolute Gasteiger partial charge is 0.573 e. The summed E-state index contributed by atoms with van der Waals surface area (Å²) in [6.45, 7) is 0. The van der Waals surface area contributed by atoms with Crippen molar-refractivity contribution in [3.63, 3.8) is 0 Å². The first-order valence-corrected chi connectivity index (χ1v) is 13.3. The van der Waals surface area contributed by atoms with E-state index in [9.17, 15) is 22.8 Å². The Bertz CT molecular complexity index is 1140. The van der Waals surface area contributed by atoms with Crippen molar-refractivity contribution in [2.75, 3.05) is 0 Å².